The predicted molar refractivity (Wildman–Crippen MR) is 100 cm³/mol. The first-order chi connectivity index (χ1) is 11.5. The third kappa shape index (κ3) is 4.30. The van der Waals surface area contributed by atoms with E-state index in [4.69, 9.17) is 4.98 Å². The molecule has 0 aromatic carbocycles. The van der Waals surface area contributed by atoms with Gasteiger partial charge in [-0.15, -0.1) is 0 Å². The summed E-state index contributed by atoms with van der Waals surface area (Å²) in [5.41, 5.74) is 2.16. The van der Waals surface area contributed by atoms with Crippen LogP contribution >= 0.6 is 15.9 Å². The second-order valence-corrected chi connectivity index (χ2v) is 7.53. The molecule has 0 spiro atoms. The van der Waals surface area contributed by atoms with Gasteiger partial charge in [-0.05, 0) is 35.0 Å². The molecule has 0 atom stereocenters. The van der Waals surface area contributed by atoms with Crippen LogP contribution in [-0.4, -0.2) is 46.0 Å². The number of aromatic nitrogens is 3. The maximum Gasteiger partial charge on any atom is 0.133 e. The summed E-state index contributed by atoms with van der Waals surface area (Å²) in [6.07, 6.45) is 1.86. The van der Waals surface area contributed by atoms with Gasteiger partial charge in [0.2, 0.25) is 0 Å². The Morgan fingerprint density at radius 1 is 1.12 bits per heavy atom. The summed E-state index contributed by atoms with van der Waals surface area (Å²) in [4.78, 5) is 18.6. The molecule has 6 heteroatoms. The van der Waals surface area contributed by atoms with Crippen LogP contribution in [0.15, 0.2) is 28.9 Å². The van der Waals surface area contributed by atoms with Gasteiger partial charge in [0.15, 0.2) is 0 Å². The molecular formula is C18H24BrN5. The number of aryl methyl sites for hydroxylation is 1. The third-order valence-electron chi connectivity index (χ3n) is 4.24. The highest BCUT2D eigenvalue weighted by atomic mass is 79.9. The van der Waals surface area contributed by atoms with Crippen LogP contribution in [-0.2, 0) is 6.54 Å². The molecule has 128 valence electrons. The first kappa shape index (κ1) is 17.3. The molecule has 1 saturated heterocycles. The minimum Gasteiger partial charge on any atom is -0.354 e. The molecule has 2 aromatic rings. The Labute approximate surface area is 152 Å². The van der Waals surface area contributed by atoms with Crippen molar-refractivity contribution < 1.29 is 0 Å². The highest BCUT2D eigenvalue weighted by Gasteiger charge is 2.19. The zero-order chi connectivity index (χ0) is 17.1. The van der Waals surface area contributed by atoms with Crippen molar-refractivity contribution in [2.24, 2.45) is 0 Å². The topological polar surface area (TPSA) is 45.2 Å². The molecule has 3 rings (SSSR count). The molecule has 5 nitrogen and oxygen atoms in total. The third-order valence-corrected chi connectivity index (χ3v) is 4.71. The van der Waals surface area contributed by atoms with Gasteiger partial charge in [-0.1, -0.05) is 13.8 Å². The molecule has 0 radical (unpaired) electrons. The number of pyridine rings is 1. The fourth-order valence-electron chi connectivity index (χ4n) is 2.86. The van der Waals surface area contributed by atoms with Crippen LogP contribution in [0.3, 0.4) is 0 Å². The number of rotatable bonds is 4. The van der Waals surface area contributed by atoms with Crippen LogP contribution < -0.4 is 4.90 Å². The van der Waals surface area contributed by atoms with Gasteiger partial charge < -0.3 is 4.90 Å². The maximum absolute atomic E-state index is 4.75. The van der Waals surface area contributed by atoms with Crippen LogP contribution in [0.25, 0.3) is 0 Å². The molecular weight excluding hydrogens is 366 g/mol. The van der Waals surface area contributed by atoms with Crippen molar-refractivity contribution in [2.75, 3.05) is 31.1 Å². The molecule has 0 bridgehead atoms. The Balaban J connectivity index is 1.61. The highest BCUT2D eigenvalue weighted by Crippen LogP contribution is 2.19. The summed E-state index contributed by atoms with van der Waals surface area (Å²) in [7, 11) is 0. The Morgan fingerprint density at radius 3 is 2.50 bits per heavy atom. The quantitative estimate of drug-likeness (QED) is 0.801. The number of hydrogen-bond donors (Lipinski definition) is 0. The molecule has 1 aliphatic heterocycles. The second kappa shape index (κ2) is 7.57. The zero-order valence-electron chi connectivity index (χ0n) is 14.5. The van der Waals surface area contributed by atoms with Crippen molar-refractivity contribution in [1.29, 1.82) is 0 Å². The molecule has 24 heavy (non-hydrogen) atoms. The van der Waals surface area contributed by atoms with E-state index in [1.807, 2.05) is 13.1 Å². The van der Waals surface area contributed by atoms with Gasteiger partial charge in [-0.3, -0.25) is 9.88 Å². The van der Waals surface area contributed by atoms with E-state index < -0.39 is 0 Å². The minimum absolute atomic E-state index is 0.355. The molecule has 0 N–H and O–H groups in total. The largest absolute Gasteiger partial charge is 0.354 e. The molecule has 1 aliphatic rings. The molecule has 0 saturated carbocycles. The number of anilines is 1. The van der Waals surface area contributed by atoms with Crippen LogP contribution in [0.4, 0.5) is 5.82 Å². The average molecular weight is 390 g/mol. The molecule has 0 aliphatic carbocycles. The summed E-state index contributed by atoms with van der Waals surface area (Å²) in [6.45, 7) is 11.3. The van der Waals surface area contributed by atoms with Gasteiger partial charge in [-0.25, -0.2) is 9.97 Å². The highest BCUT2D eigenvalue weighted by molar-refractivity contribution is 9.10. The van der Waals surface area contributed by atoms with Crippen molar-refractivity contribution in [2.45, 2.75) is 33.2 Å². The van der Waals surface area contributed by atoms with E-state index in [-0.39, 0.29) is 0 Å². The monoisotopic (exact) mass is 389 g/mol. The van der Waals surface area contributed by atoms with Gasteiger partial charge >= 0.3 is 0 Å². The van der Waals surface area contributed by atoms with Gasteiger partial charge in [-0.2, -0.15) is 0 Å². The molecule has 0 amide bonds. The zero-order valence-corrected chi connectivity index (χ0v) is 16.1. The van der Waals surface area contributed by atoms with E-state index in [0.717, 1.165) is 60.2 Å². The van der Waals surface area contributed by atoms with Crippen molar-refractivity contribution in [3.63, 3.8) is 0 Å². The number of hydrogen-bond acceptors (Lipinski definition) is 5. The molecule has 2 aromatic heterocycles. The lowest BCUT2D eigenvalue weighted by Gasteiger charge is -2.35. The minimum atomic E-state index is 0.355. The lowest BCUT2D eigenvalue weighted by atomic mass is 10.2. The Morgan fingerprint density at radius 2 is 1.88 bits per heavy atom. The van der Waals surface area contributed by atoms with Crippen LogP contribution in [0.5, 0.6) is 0 Å². The van der Waals surface area contributed by atoms with Crippen molar-refractivity contribution >= 4 is 21.7 Å². The smallest absolute Gasteiger partial charge is 0.133 e. The number of piperazine rings is 1. The van der Waals surface area contributed by atoms with Crippen LogP contribution in [0.1, 0.15) is 37.0 Å². The molecule has 3 heterocycles. The van der Waals surface area contributed by atoms with E-state index in [1.54, 1.807) is 0 Å². The second-order valence-electron chi connectivity index (χ2n) is 6.61. The summed E-state index contributed by atoms with van der Waals surface area (Å²) in [5, 5.41) is 0. The van der Waals surface area contributed by atoms with Gasteiger partial charge in [0.1, 0.15) is 11.6 Å². The Bertz CT molecular complexity index is 678. The lowest BCUT2D eigenvalue weighted by molar-refractivity contribution is 0.246. The Hall–Kier alpha value is -1.53. The van der Waals surface area contributed by atoms with Gasteiger partial charge in [0.05, 0.1) is 5.69 Å². The van der Waals surface area contributed by atoms with E-state index >= 15 is 0 Å². The SMILES string of the molecule is Cc1cc(N2CCN(Cc3ccc(Br)cn3)CC2)nc(C(C)C)n1. The first-order valence-corrected chi connectivity index (χ1v) is 9.24. The van der Waals surface area contributed by atoms with Gasteiger partial charge in [0.25, 0.3) is 0 Å². The van der Waals surface area contributed by atoms with E-state index in [1.165, 1.54) is 0 Å². The van der Waals surface area contributed by atoms with E-state index in [2.05, 4.69) is 67.7 Å². The standard InChI is InChI=1S/C18H24BrN5/c1-13(2)18-21-14(3)10-17(22-18)24-8-6-23(7-9-24)12-16-5-4-15(19)11-20-16/h4-5,10-11,13H,6-9,12H2,1-3H3. The summed E-state index contributed by atoms with van der Waals surface area (Å²) in [5.74, 6) is 2.35. The summed E-state index contributed by atoms with van der Waals surface area (Å²) < 4.78 is 1.02. The summed E-state index contributed by atoms with van der Waals surface area (Å²) in [6, 6.07) is 6.23. The fraction of sp³-hybridized carbons (Fsp3) is 0.500. The Kier molecular flexibility index (Phi) is 5.46. The van der Waals surface area contributed by atoms with Crippen LogP contribution in [0, 0.1) is 6.92 Å². The number of nitrogens with zero attached hydrogens (tertiary/aromatic N) is 5. The van der Waals surface area contributed by atoms with Crippen molar-refractivity contribution in [3.05, 3.63) is 46.1 Å². The van der Waals surface area contributed by atoms with E-state index in [0.29, 0.717) is 5.92 Å². The summed E-state index contributed by atoms with van der Waals surface area (Å²) >= 11 is 3.43. The van der Waals surface area contributed by atoms with Gasteiger partial charge in [0, 0.05) is 61.1 Å². The van der Waals surface area contributed by atoms with E-state index in [9.17, 15) is 0 Å². The maximum atomic E-state index is 4.75. The van der Waals surface area contributed by atoms with Crippen LogP contribution in [0.2, 0.25) is 0 Å². The number of halogens is 1. The predicted octanol–water partition coefficient (Wildman–Crippen LogP) is 3.39. The average Bonchev–Trinajstić information content (AvgIpc) is 2.57. The first-order valence-electron chi connectivity index (χ1n) is 8.44. The lowest BCUT2D eigenvalue weighted by Crippen LogP contribution is -2.46. The molecule has 1 fully saturated rings. The normalized spacial score (nSPS) is 16.0. The van der Waals surface area contributed by atoms with Crippen molar-refractivity contribution in [1.82, 2.24) is 19.9 Å². The van der Waals surface area contributed by atoms with Crippen molar-refractivity contribution in [3.8, 4) is 0 Å². The molecule has 0 unspecified atom stereocenters. The fourth-order valence-corrected chi connectivity index (χ4v) is 3.09.